The molecule has 0 aliphatic heterocycles. The molecule has 0 spiro atoms. The average Bonchev–Trinajstić information content (AvgIpc) is 1.98. The van der Waals surface area contributed by atoms with Crippen molar-refractivity contribution in [2.45, 2.75) is 20.0 Å². The summed E-state index contributed by atoms with van der Waals surface area (Å²) in [7, 11) is 1.38. The van der Waals surface area contributed by atoms with Crippen molar-refractivity contribution in [3.8, 4) is 0 Å². The van der Waals surface area contributed by atoms with Gasteiger partial charge in [-0.1, -0.05) is 0 Å². The van der Waals surface area contributed by atoms with E-state index in [-0.39, 0.29) is 11.5 Å². The fourth-order valence-corrected chi connectivity index (χ4v) is 0.791. The lowest BCUT2D eigenvalue weighted by Crippen LogP contribution is -2.00. The van der Waals surface area contributed by atoms with Crippen LogP contribution in [0.15, 0.2) is 22.1 Å². The summed E-state index contributed by atoms with van der Waals surface area (Å²) in [4.78, 5) is 0. The Bertz CT molecular complexity index is 205. The van der Waals surface area contributed by atoms with Crippen molar-refractivity contribution in [1.29, 1.82) is 0 Å². The van der Waals surface area contributed by atoms with Crippen molar-refractivity contribution >= 4 is 15.9 Å². The Labute approximate surface area is 79.9 Å². The maximum absolute atomic E-state index is 12.7. The molecule has 0 aromatic rings. The molecular formula is C8H12BrFO2. The number of hydrogen-bond donors (Lipinski definition) is 1. The van der Waals surface area contributed by atoms with Gasteiger partial charge in [-0.2, -0.15) is 0 Å². The second-order valence-corrected chi connectivity index (χ2v) is 3.15. The van der Waals surface area contributed by atoms with Crippen molar-refractivity contribution < 1.29 is 14.2 Å². The largest absolute Gasteiger partial charge is 0.511 e. The summed E-state index contributed by atoms with van der Waals surface area (Å²) in [6.45, 7) is 2.86. The van der Waals surface area contributed by atoms with Crippen LogP contribution < -0.4 is 0 Å². The molecule has 0 heterocycles. The molecule has 0 saturated heterocycles. The summed E-state index contributed by atoms with van der Waals surface area (Å²) in [6, 6.07) is 0. The number of aliphatic hydroxyl groups is 1. The standard InChI is InChI=1S/C8H12BrFO2/c1-5(10)8(12-3)4-7(9)6(2)11/h4-5,11H,1-3H3/b7-6-,8-4+/t5-/m1/s1. The van der Waals surface area contributed by atoms with E-state index in [9.17, 15) is 4.39 Å². The van der Waals surface area contributed by atoms with Crippen molar-refractivity contribution in [3.63, 3.8) is 0 Å². The van der Waals surface area contributed by atoms with E-state index in [1.807, 2.05) is 0 Å². The smallest absolute Gasteiger partial charge is 0.154 e. The Kier molecular flexibility index (Phi) is 4.97. The van der Waals surface area contributed by atoms with Gasteiger partial charge in [-0.15, -0.1) is 0 Å². The average molecular weight is 239 g/mol. The summed E-state index contributed by atoms with van der Waals surface area (Å²) in [5.74, 6) is 0.264. The van der Waals surface area contributed by atoms with Gasteiger partial charge in [0.1, 0.15) is 11.5 Å². The van der Waals surface area contributed by atoms with E-state index in [4.69, 9.17) is 9.84 Å². The third-order valence-corrected chi connectivity index (χ3v) is 2.05. The van der Waals surface area contributed by atoms with E-state index in [2.05, 4.69) is 15.9 Å². The lowest BCUT2D eigenvalue weighted by atomic mass is 10.3. The number of aliphatic hydroxyl groups excluding tert-OH is 1. The van der Waals surface area contributed by atoms with E-state index in [1.165, 1.54) is 27.0 Å². The van der Waals surface area contributed by atoms with Crippen LogP contribution in [-0.4, -0.2) is 18.4 Å². The molecule has 4 heteroatoms. The second kappa shape index (κ2) is 5.19. The van der Waals surface area contributed by atoms with E-state index in [1.54, 1.807) is 0 Å². The van der Waals surface area contributed by atoms with E-state index >= 15 is 0 Å². The van der Waals surface area contributed by atoms with Crippen molar-refractivity contribution in [1.82, 2.24) is 0 Å². The molecular weight excluding hydrogens is 227 g/mol. The molecule has 1 N–H and O–H groups in total. The second-order valence-electron chi connectivity index (χ2n) is 2.30. The molecule has 1 atom stereocenters. The molecule has 0 aliphatic carbocycles. The molecule has 0 rings (SSSR count). The van der Waals surface area contributed by atoms with Gasteiger partial charge in [-0.3, -0.25) is 0 Å². The lowest BCUT2D eigenvalue weighted by Gasteiger charge is -2.06. The molecule has 0 amide bonds. The van der Waals surface area contributed by atoms with Gasteiger partial charge in [0.25, 0.3) is 0 Å². The van der Waals surface area contributed by atoms with Gasteiger partial charge in [0, 0.05) is 0 Å². The lowest BCUT2D eigenvalue weighted by molar-refractivity contribution is 0.214. The Hall–Kier alpha value is -0.510. The Morgan fingerprint density at radius 3 is 2.42 bits per heavy atom. The number of ether oxygens (including phenoxy) is 1. The summed E-state index contributed by atoms with van der Waals surface area (Å²) in [6.07, 6.45) is 0.224. The summed E-state index contributed by atoms with van der Waals surface area (Å²) in [5, 5.41) is 8.96. The Balaban J connectivity index is 4.61. The number of hydrogen-bond acceptors (Lipinski definition) is 2. The molecule has 0 unspecified atom stereocenters. The fraction of sp³-hybridized carbons (Fsp3) is 0.500. The third-order valence-electron chi connectivity index (χ3n) is 1.24. The molecule has 0 aliphatic rings. The first kappa shape index (κ1) is 11.5. The van der Waals surface area contributed by atoms with Crippen LogP contribution in [-0.2, 0) is 4.74 Å². The molecule has 0 radical (unpaired) electrons. The van der Waals surface area contributed by atoms with Gasteiger partial charge in [0.05, 0.1) is 11.6 Å². The van der Waals surface area contributed by atoms with Crippen molar-refractivity contribution in [3.05, 3.63) is 22.1 Å². The molecule has 12 heavy (non-hydrogen) atoms. The van der Waals surface area contributed by atoms with E-state index < -0.39 is 6.17 Å². The monoisotopic (exact) mass is 238 g/mol. The topological polar surface area (TPSA) is 29.5 Å². The van der Waals surface area contributed by atoms with Crippen LogP contribution in [0, 0.1) is 0 Å². The van der Waals surface area contributed by atoms with Crippen LogP contribution in [0.5, 0.6) is 0 Å². The van der Waals surface area contributed by atoms with Crippen LogP contribution in [0.25, 0.3) is 0 Å². The molecule has 2 nitrogen and oxygen atoms in total. The maximum atomic E-state index is 12.7. The van der Waals surface area contributed by atoms with Crippen LogP contribution in [0.3, 0.4) is 0 Å². The Morgan fingerprint density at radius 2 is 2.17 bits per heavy atom. The molecule has 0 fully saturated rings. The zero-order valence-corrected chi connectivity index (χ0v) is 8.85. The van der Waals surface area contributed by atoms with E-state index in [0.717, 1.165) is 0 Å². The zero-order chi connectivity index (χ0) is 9.72. The van der Waals surface area contributed by atoms with Gasteiger partial charge >= 0.3 is 0 Å². The summed E-state index contributed by atoms with van der Waals surface area (Å²) < 4.78 is 17.8. The van der Waals surface area contributed by atoms with Gasteiger partial charge in [-0.25, -0.2) is 4.39 Å². The van der Waals surface area contributed by atoms with E-state index in [0.29, 0.717) is 4.48 Å². The molecule has 0 bridgehead atoms. The third kappa shape index (κ3) is 3.76. The van der Waals surface area contributed by atoms with Gasteiger partial charge in [0.15, 0.2) is 6.17 Å². The molecule has 0 aromatic carbocycles. The van der Waals surface area contributed by atoms with Gasteiger partial charge in [0.2, 0.25) is 0 Å². The first-order valence-electron chi connectivity index (χ1n) is 3.44. The first-order chi connectivity index (χ1) is 5.49. The minimum Gasteiger partial charge on any atom is -0.511 e. The number of halogens is 2. The highest BCUT2D eigenvalue weighted by Crippen LogP contribution is 2.17. The first-order valence-corrected chi connectivity index (χ1v) is 4.23. The Morgan fingerprint density at radius 1 is 1.67 bits per heavy atom. The van der Waals surface area contributed by atoms with Crippen LogP contribution in [0.4, 0.5) is 4.39 Å². The highest BCUT2D eigenvalue weighted by molar-refractivity contribution is 9.11. The van der Waals surface area contributed by atoms with Gasteiger partial charge < -0.3 is 9.84 Å². The summed E-state index contributed by atoms with van der Waals surface area (Å²) >= 11 is 3.06. The highest BCUT2D eigenvalue weighted by atomic mass is 79.9. The summed E-state index contributed by atoms with van der Waals surface area (Å²) in [5.41, 5.74) is 0. The number of methoxy groups -OCH3 is 1. The predicted molar refractivity (Wildman–Crippen MR) is 49.9 cm³/mol. The SMILES string of the molecule is CO/C(=C/C(Br)=C(\C)O)[C@@H](C)F. The minimum atomic E-state index is -1.18. The predicted octanol–water partition coefficient (Wildman–Crippen LogP) is 3.06. The number of alkyl halides is 1. The fourth-order valence-electron chi connectivity index (χ4n) is 0.565. The van der Waals surface area contributed by atoms with Crippen molar-refractivity contribution in [2.24, 2.45) is 0 Å². The number of allylic oxidation sites excluding steroid dienone is 4. The molecule has 70 valence electrons. The van der Waals surface area contributed by atoms with Crippen LogP contribution >= 0.6 is 15.9 Å². The van der Waals surface area contributed by atoms with Crippen LogP contribution in [0.1, 0.15) is 13.8 Å². The zero-order valence-electron chi connectivity index (χ0n) is 7.27. The number of rotatable bonds is 3. The molecule has 0 aromatic heterocycles. The highest BCUT2D eigenvalue weighted by Gasteiger charge is 2.07. The normalized spacial score (nSPS) is 16.9. The van der Waals surface area contributed by atoms with Gasteiger partial charge in [-0.05, 0) is 35.9 Å². The minimum absolute atomic E-state index is 0.0881. The molecule has 0 saturated carbocycles. The van der Waals surface area contributed by atoms with Crippen LogP contribution in [0.2, 0.25) is 0 Å². The maximum Gasteiger partial charge on any atom is 0.154 e. The van der Waals surface area contributed by atoms with Crippen molar-refractivity contribution in [2.75, 3.05) is 7.11 Å². The quantitative estimate of drug-likeness (QED) is 0.605.